The molecule has 1 fully saturated rings. The summed E-state index contributed by atoms with van der Waals surface area (Å²) in [4.78, 5) is 29.3. The fourth-order valence-corrected chi connectivity index (χ4v) is 3.89. The molecule has 1 saturated heterocycles. The molecule has 1 unspecified atom stereocenters. The SMILES string of the molecule is COc1cc(COC2CN(C(=O)CCn3nccc3C)CC(=O)N(C(C)C)C2)cc(OC)c1. The summed E-state index contributed by atoms with van der Waals surface area (Å²) in [5.74, 6) is 1.21. The van der Waals surface area contributed by atoms with Gasteiger partial charge in [-0.05, 0) is 44.5 Å². The Balaban J connectivity index is 1.70. The van der Waals surface area contributed by atoms with Crippen LogP contribution in [0.25, 0.3) is 0 Å². The smallest absolute Gasteiger partial charge is 0.242 e. The third-order valence-electron chi connectivity index (χ3n) is 5.81. The van der Waals surface area contributed by atoms with Gasteiger partial charge in [-0.2, -0.15) is 5.10 Å². The maximum atomic E-state index is 13.0. The van der Waals surface area contributed by atoms with E-state index in [-0.39, 0.29) is 36.9 Å². The van der Waals surface area contributed by atoms with Crippen LogP contribution >= 0.6 is 0 Å². The van der Waals surface area contributed by atoms with Crippen molar-refractivity contribution in [1.82, 2.24) is 19.6 Å². The lowest BCUT2D eigenvalue weighted by Gasteiger charge is -2.27. The van der Waals surface area contributed by atoms with E-state index in [0.29, 0.717) is 37.7 Å². The molecular weight excluding hydrogens is 424 g/mol. The van der Waals surface area contributed by atoms with Crippen LogP contribution in [0.5, 0.6) is 11.5 Å². The number of benzene rings is 1. The summed E-state index contributed by atoms with van der Waals surface area (Å²) in [5, 5.41) is 4.23. The van der Waals surface area contributed by atoms with E-state index in [2.05, 4.69) is 5.10 Å². The Hall–Kier alpha value is -3.07. The summed E-state index contributed by atoms with van der Waals surface area (Å²) in [6, 6.07) is 7.50. The van der Waals surface area contributed by atoms with E-state index in [1.54, 1.807) is 41.0 Å². The molecule has 9 heteroatoms. The van der Waals surface area contributed by atoms with Crippen molar-refractivity contribution in [1.29, 1.82) is 0 Å². The molecule has 1 aromatic carbocycles. The minimum atomic E-state index is -0.313. The van der Waals surface area contributed by atoms with Gasteiger partial charge in [0, 0.05) is 50.1 Å². The van der Waals surface area contributed by atoms with E-state index >= 15 is 0 Å². The fraction of sp³-hybridized carbons (Fsp3) is 0.542. The molecule has 0 radical (unpaired) electrons. The van der Waals surface area contributed by atoms with Gasteiger partial charge in [-0.3, -0.25) is 14.3 Å². The Morgan fingerprint density at radius 3 is 2.42 bits per heavy atom. The Bertz CT molecular complexity index is 936. The molecule has 1 aliphatic rings. The molecule has 1 aliphatic heterocycles. The lowest BCUT2D eigenvalue weighted by molar-refractivity contribution is -0.139. The molecule has 2 amide bonds. The molecule has 1 atom stereocenters. The lowest BCUT2D eigenvalue weighted by Crippen LogP contribution is -2.42. The van der Waals surface area contributed by atoms with Gasteiger partial charge < -0.3 is 24.0 Å². The zero-order valence-corrected chi connectivity index (χ0v) is 20.1. The van der Waals surface area contributed by atoms with Crippen LogP contribution in [-0.4, -0.2) is 77.4 Å². The van der Waals surface area contributed by atoms with Crippen LogP contribution in [0.3, 0.4) is 0 Å². The van der Waals surface area contributed by atoms with E-state index < -0.39 is 0 Å². The van der Waals surface area contributed by atoms with E-state index in [4.69, 9.17) is 14.2 Å². The van der Waals surface area contributed by atoms with Crippen LogP contribution in [0.1, 0.15) is 31.5 Å². The van der Waals surface area contributed by atoms with Gasteiger partial charge in [0.2, 0.25) is 11.8 Å². The summed E-state index contributed by atoms with van der Waals surface area (Å²) >= 11 is 0. The molecule has 0 saturated carbocycles. The zero-order chi connectivity index (χ0) is 24.0. The monoisotopic (exact) mass is 458 g/mol. The van der Waals surface area contributed by atoms with Crippen molar-refractivity contribution >= 4 is 11.8 Å². The van der Waals surface area contributed by atoms with Gasteiger partial charge >= 0.3 is 0 Å². The van der Waals surface area contributed by atoms with Crippen LogP contribution < -0.4 is 9.47 Å². The van der Waals surface area contributed by atoms with Crippen molar-refractivity contribution in [2.75, 3.05) is 33.9 Å². The van der Waals surface area contributed by atoms with Crippen molar-refractivity contribution in [3.63, 3.8) is 0 Å². The number of aromatic nitrogens is 2. The van der Waals surface area contributed by atoms with Crippen LogP contribution in [0.15, 0.2) is 30.5 Å². The second kappa shape index (κ2) is 11.2. The van der Waals surface area contributed by atoms with Crippen molar-refractivity contribution in [2.24, 2.45) is 0 Å². The second-order valence-corrected chi connectivity index (χ2v) is 8.51. The van der Waals surface area contributed by atoms with E-state index in [1.807, 2.05) is 39.0 Å². The van der Waals surface area contributed by atoms with Crippen molar-refractivity contribution in [2.45, 2.75) is 52.5 Å². The summed E-state index contributed by atoms with van der Waals surface area (Å²) in [6.07, 6.45) is 1.68. The summed E-state index contributed by atoms with van der Waals surface area (Å²) < 4.78 is 18.7. The highest BCUT2D eigenvalue weighted by molar-refractivity contribution is 5.85. The van der Waals surface area contributed by atoms with Gasteiger partial charge in [-0.15, -0.1) is 0 Å². The largest absolute Gasteiger partial charge is 0.497 e. The van der Waals surface area contributed by atoms with E-state index in [1.165, 1.54) is 0 Å². The Kier molecular flexibility index (Phi) is 8.32. The number of carbonyl (C=O) groups excluding carboxylic acids is 2. The number of rotatable bonds is 9. The molecule has 0 spiro atoms. The first-order chi connectivity index (χ1) is 15.8. The standard InChI is InChI=1S/C24H34N4O5/c1-17(2)27-14-22(33-16-19-10-20(31-4)12-21(11-19)32-5)13-26(15-24(27)30)23(29)7-9-28-18(3)6-8-25-28/h6,8,10-12,17,22H,7,9,13-16H2,1-5H3. The Morgan fingerprint density at radius 2 is 1.85 bits per heavy atom. The number of hydrogen-bond acceptors (Lipinski definition) is 6. The fourth-order valence-electron chi connectivity index (χ4n) is 3.89. The van der Waals surface area contributed by atoms with Crippen LogP contribution in [0.2, 0.25) is 0 Å². The minimum Gasteiger partial charge on any atom is -0.497 e. The number of amides is 2. The number of ether oxygens (including phenoxy) is 3. The van der Waals surface area contributed by atoms with Gasteiger partial charge in [-0.1, -0.05) is 0 Å². The molecule has 2 heterocycles. The third kappa shape index (κ3) is 6.47. The molecule has 9 nitrogen and oxygen atoms in total. The van der Waals surface area contributed by atoms with Gasteiger partial charge in [0.1, 0.15) is 11.5 Å². The van der Waals surface area contributed by atoms with Gasteiger partial charge in [0.05, 0.1) is 33.5 Å². The summed E-state index contributed by atoms with van der Waals surface area (Å²) in [7, 11) is 3.20. The highest BCUT2D eigenvalue weighted by Crippen LogP contribution is 2.24. The third-order valence-corrected chi connectivity index (χ3v) is 5.81. The highest BCUT2D eigenvalue weighted by Gasteiger charge is 2.32. The molecule has 1 aromatic heterocycles. The topological polar surface area (TPSA) is 86.1 Å². The Morgan fingerprint density at radius 1 is 1.15 bits per heavy atom. The number of hydrogen-bond donors (Lipinski definition) is 0. The highest BCUT2D eigenvalue weighted by atomic mass is 16.5. The first-order valence-corrected chi connectivity index (χ1v) is 11.2. The summed E-state index contributed by atoms with van der Waals surface area (Å²) in [6.45, 7) is 7.53. The number of methoxy groups -OCH3 is 2. The predicted molar refractivity (Wildman–Crippen MR) is 123 cm³/mol. The van der Waals surface area contributed by atoms with E-state index in [0.717, 1.165) is 11.3 Å². The molecule has 180 valence electrons. The predicted octanol–water partition coefficient (Wildman–Crippen LogP) is 2.26. The molecule has 3 rings (SSSR count). The number of carbonyl (C=O) groups is 2. The maximum absolute atomic E-state index is 13.0. The van der Waals surface area contributed by atoms with Crippen LogP contribution in [0.4, 0.5) is 0 Å². The molecule has 0 aliphatic carbocycles. The molecule has 0 N–H and O–H groups in total. The Labute approximate surface area is 195 Å². The van der Waals surface area contributed by atoms with Crippen LogP contribution in [0, 0.1) is 6.92 Å². The van der Waals surface area contributed by atoms with Gasteiger partial charge in [0.15, 0.2) is 0 Å². The zero-order valence-electron chi connectivity index (χ0n) is 20.1. The first-order valence-electron chi connectivity index (χ1n) is 11.2. The number of aryl methyl sites for hydroxylation is 2. The normalized spacial score (nSPS) is 16.8. The van der Waals surface area contributed by atoms with Crippen molar-refractivity contribution in [3.8, 4) is 11.5 Å². The average molecular weight is 459 g/mol. The molecule has 33 heavy (non-hydrogen) atoms. The van der Waals surface area contributed by atoms with Crippen molar-refractivity contribution < 1.29 is 23.8 Å². The second-order valence-electron chi connectivity index (χ2n) is 8.51. The van der Waals surface area contributed by atoms with Gasteiger partial charge in [0.25, 0.3) is 0 Å². The molecule has 0 bridgehead atoms. The molecule has 2 aromatic rings. The maximum Gasteiger partial charge on any atom is 0.242 e. The average Bonchev–Trinajstić information content (AvgIpc) is 3.13. The van der Waals surface area contributed by atoms with Gasteiger partial charge in [-0.25, -0.2) is 0 Å². The summed E-state index contributed by atoms with van der Waals surface area (Å²) in [5.41, 5.74) is 1.89. The molecular formula is C24H34N4O5. The van der Waals surface area contributed by atoms with Crippen LogP contribution in [-0.2, 0) is 27.5 Å². The quantitative estimate of drug-likeness (QED) is 0.573. The van der Waals surface area contributed by atoms with Crippen molar-refractivity contribution in [3.05, 3.63) is 41.7 Å². The van der Waals surface area contributed by atoms with E-state index in [9.17, 15) is 9.59 Å². The number of nitrogens with zero attached hydrogens (tertiary/aromatic N) is 4. The lowest BCUT2D eigenvalue weighted by atomic mass is 10.2. The minimum absolute atomic E-state index is 0.0160. The first kappa shape index (κ1) is 24.6.